The number of rotatable bonds is 6. The highest BCUT2D eigenvalue weighted by molar-refractivity contribution is 6.00. The molecule has 0 bridgehead atoms. The molecule has 0 aliphatic rings. The molecule has 2 aromatic carbocycles. The van der Waals surface area contributed by atoms with Crippen molar-refractivity contribution in [3.05, 3.63) is 70.0 Å². The van der Waals surface area contributed by atoms with Gasteiger partial charge in [-0.05, 0) is 24.3 Å². The van der Waals surface area contributed by atoms with Crippen molar-refractivity contribution in [2.75, 3.05) is 13.7 Å². The van der Waals surface area contributed by atoms with E-state index in [0.717, 1.165) is 11.5 Å². The number of fused-ring (bicyclic) bond motifs is 1. The number of furan rings is 1. The molecule has 0 atom stereocenters. The molecule has 0 fully saturated rings. The predicted molar refractivity (Wildman–Crippen MR) is 90.5 cm³/mol. The monoisotopic (exact) mass is 355 g/mol. The first-order valence-corrected chi connectivity index (χ1v) is 7.51. The van der Waals surface area contributed by atoms with Gasteiger partial charge in [-0.1, -0.05) is 18.2 Å². The SMILES string of the molecule is COc1ccc(C(=O)OCC(=O)c2cc3ccccc3o2)cc1[N+](=O)[O-]. The van der Waals surface area contributed by atoms with Crippen LogP contribution in [0.15, 0.2) is 52.9 Å². The number of esters is 1. The fourth-order valence-corrected chi connectivity index (χ4v) is 2.36. The molecule has 132 valence electrons. The second kappa shape index (κ2) is 7.06. The van der Waals surface area contributed by atoms with Crippen LogP contribution in [0.1, 0.15) is 20.9 Å². The van der Waals surface area contributed by atoms with Gasteiger partial charge >= 0.3 is 11.7 Å². The van der Waals surface area contributed by atoms with Gasteiger partial charge in [-0.25, -0.2) is 4.79 Å². The highest BCUT2D eigenvalue weighted by atomic mass is 16.6. The number of benzene rings is 2. The topological polar surface area (TPSA) is 109 Å². The largest absolute Gasteiger partial charge is 0.490 e. The first-order valence-electron chi connectivity index (χ1n) is 7.51. The second-order valence-electron chi connectivity index (χ2n) is 5.29. The first-order chi connectivity index (χ1) is 12.5. The van der Waals surface area contributed by atoms with E-state index in [9.17, 15) is 19.7 Å². The van der Waals surface area contributed by atoms with Crippen molar-refractivity contribution < 1.29 is 28.4 Å². The molecule has 0 aliphatic carbocycles. The summed E-state index contributed by atoms with van der Waals surface area (Å²) in [7, 11) is 1.28. The minimum atomic E-state index is -0.861. The van der Waals surface area contributed by atoms with Crippen LogP contribution < -0.4 is 4.74 Å². The fourth-order valence-electron chi connectivity index (χ4n) is 2.36. The zero-order chi connectivity index (χ0) is 18.7. The lowest BCUT2D eigenvalue weighted by atomic mass is 10.2. The zero-order valence-electron chi connectivity index (χ0n) is 13.6. The summed E-state index contributed by atoms with van der Waals surface area (Å²) in [6, 6.07) is 12.3. The van der Waals surface area contributed by atoms with Crippen molar-refractivity contribution in [1.29, 1.82) is 0 Å². The number of hydrogen-bond donors (Lipinski definition) is 0. The molecule has 3 rings (SSSR count). The summed E-state index contributed by atoms with van der Waals surface area (Å²) < 4.78 is 15.2. The van der Waals surface area contributed by atoms with Gasteiger partial charge in [0.2, 0.25) is 5.78 Å². The van der Waals surface area contributed by atoms with Crippen molar-refractivity contribution in [2.24, 2.45) is 0 Å². The van der Waals surface area contributed by atoms with Crippen molar-refractivity contribution in [3.63, 3.8) is 0 Å². The van der Waals surface area contributed by atoms with Gasteiger partial charge in [0, 0.05) is 11.5 Å². The Morgan fingerprint density at radius 2 is 1.92 bits per heavy atom. The van der Waals surface area contributed by atoms with E-state index in [1.807, 2.05) is 6.07 Å². The lowest BCUT2D eigenvalue weighted by Crippen LogP contribution is -2.14. The molecule has 0 aliphatic heterocycles. The summed E-state index contributed by atoms with van der Waals surface area (Å²) in [6.07, 6.45) is 0. The Kier molecular flexibility index (Phi) is 4.66. The molecule has 0 saturated carbocycles. The quantitative estimate of drug-likeness (QED) is 0.288. The molecule has 8 nitrogen and oxygen atoms in total. The van der Waals surface area contributed by atoms with Crippen LogP contribution in [-0.2, 0) is 4.74 Å². The van der Waals surface area contributed by atoms with Crippen LogP contribution in [0.4, 0.5) is 5.69 Å². The Morgan fingerprint density at radius 3 is 2.62 bits per heavy atom. The Bertz CT molecular complexity index is 973. The highest BCUT2D eigenvalue weighted by Gasteiger charge is 2.20. The summed E-state index contributed by atoms with van der Waals surface area (Å²) in [5, 5.41) is 11.8. The molecule has 8 heteroatoms. The molecule has 26 heavy (non-hydrogen) atoms. The number of para-hydroxylation sites is 1. The third-order valence-corrected chi connectivity index (χ3v) is 3.65. The van der Waals surface area contributed by atoms with Crippen LogP contribution >= 0.6 is 0 Å². The molecule has 0 spiro atoms. The Hall–Kier alpha value is -3.68. The number of nitro benzene ring substituents is 1. The standard InChI is InChI=1S/C18H13NO7/c1-24-16-7-6-12(8-13(16)19(22)23)18(21)25-10-14(20)17-9-11-4-2-3-5-15(11)26-17/h2-9H,10H2,1H3. The number of carbonyl (C=O) groups is 2. The molecule has 0 unspecified atom stereocenters. The van der Waals surface area contributed by atoms with Gasteiger partial charge in [0.15, 0.2) is 18.1 Å². The molecule has 0 N–H and O–H groups in total. The van der Waals surface area contributed by atoms with E-state index < -0.39 is 23.3 Å². The van der Waals surface area contributed by atoms with Gasteiger partial charge in [-0.15, -0.1) is 0 Å². The van der Waals surface area contributed by atoms with Gasteiger partial charge in [0.25, 0.3) is 0 Å². The van der Waals surface area contributed by atoms with Gasteiger partial charge in [-0.3, -0.25) is 14.9 Å². The average molecular weight is 355 g/mol. The lowest BCUT2D eigenvalue weighted by Gasteiger charge is -2.05. The molecule has 1 heterocycles. The van der Waals surface area contributed by atoms with Crippen LogP contribution in [0.3, 0.4) is 0 Å². The number of ether oxygens (including phenoxy) is 2. The Morgan fingerprint density at radius 1 is 1.15 bits per heavy atom. The summed E-state index contributed by atoms with van der Waals surface area (Å²) in [5.74, 6) is -1.29. The van der Waals surface area contributed by atoms with E-state index in [0.29, 0.717) is 5.58 Å². The van der Waals surface area contributed by atoms with E-state index in [-0.39, 0.29) is 22.8 Å². The summed E-state index contributed by atoms with van der Waals surface area (Å²) in [4.78, 5) is 34.5. The van der Waals surface area contributed by atoms with Gasteiger partial charge in [-0.2, -0.15) is 0 Å². The van der Waals surface area contributed by atoms with E-state index in [1.165, 1.54) is 19.2 Å². The van der Waals surface area contributed by atoms with Crippen molar-refractivity contribution in [3.8, 4) is 5.75 Å². The number of ketones is 1. The van der Waals surface area contributed by atoms with Gasteiger partial charge in [0.1, 0.15) is 5.58 Å². The Balaban J connectivity index is 1.71. The lowest BCUT2D eigenvalue weighted by molar-refractivity contribution is -0.385. The van der Waals surface area contributed by atoms with Crippen LogP contribution in [0.5, 0.6) is 5.75 Å². The maximum atomic E-state index is 12.1. The molecular formula is C18H13NO7. The third kappa shape index (κ3) is 3.39. The van der Waals surface area contributed by atoms with Gasteiger partial charge < -0.3 is 13.9 Å². The number of nitro groups is 1. The summed E-state index contributed by atoms with van der Waals surface area (Å²) in [5.41, 5.74) is 0.119. The second-order valence-corrected chi connectivity index (χ2v) is 5.29. The Labute approximate surface area is 147 Å². The minimum Gasteiger partial charge on any atom is -0.490 e. The number of nitrogens with zero attached hydrogens (tertiary/aromatic N) is 1. The van der Waals surface area contributed by atoms with E-state index >= 15 is 0 Å². The molecule has 1 aromatic heterocycles. The van der Waals surface area contributed by atoms with E-state index in [4.69, 9.17) is 13.9 Å². The molecule has 0 amide bonds. The van der Waals surface area contributed by atoms with Crippen LogP contribution in [-0.4, -0.2) is 30.4 Å². The maximum Gasteiger partial charge on any atom is 0.338 e. The average Bonchev–Trinajstić information content (AvgIpc) is 3.09. The highest BCUT2D eigenvalue weighted by Crippen LogP contribution is 2.27. The normalized spacial score (nSPS) is 10.5. The molecule has 3 aromatic rings. The predicted octanol–water partition coefficient (Wildman–Crippen LogP) is 3.39. The van der Waals surface area contributed by atoms with Crippen molar-refractivity contribution in [1.82, 2.24) is 0 Å². The van der Waals surface area contributed by atoms with Crippen molar-refractivity contribution in [2.45, 2.75) is 0 Å². The summed E-state index contributed by atoms with van der Waals surface area (Å²) in [6.45, 7) is -0.543. The molecule has 0 saturated heterocycles. The summed E-state index contributed by atoms with van der Waals surface area (Å²) >= 11 is 0. The first kappa shape index (κ1) is 17.2. The third-order valence-electron chi connectivity index (χ3n) is 3.65. The zero-order valence-corrected chi connectivity index (χ0v) is 13.6. The van der Waals surface area contributed by atoms with E-state index in [2.05, 4.69) is 0 Å². The smallest absolute Gasteiger partial charge is 0.338 e. The number of carbonyl (C=O) groups excluding carboxylic acids is 2. The molecule has 0 radical (unpaired) electrons. The fraction of sp³-hybridized carbons (Fsp3) is 0.111. The van der Waals surface area contributed by atoms with Gasteiger partial charge in [0.05, 0.1) is 17.6 Å². The van der Waals surface area contributed by atoms with Crippen LogP contribution in [0.25, 0.3) is 11.0 Å². The number of hydrogen-bond acceptors (Lipinski definition) is 7. The van der Waals surface area contributed by atoms with E-state index in [1.54, 1.807) is 24.3 Å². The maximum absolute atomic E-state index is 12.1. The van der Waals surface area contributed by atoms with Crippen LogP contribution in [0.2, 0.25) is 0 Å². The number of methoxy groups -OCH3 is 1. The van der Waals surface area contributed by atoms with Crippen LogP contribution in [0, 0.1) is 10.1 Å². The number of Topliss-reactive ketones (excluding diaryl/α,β-unsaturated/α-hetero) is 1. The van der Waals surface area contributed by atoms with Crippen molar-refractivity contribution >= 4 is 28.4 Å². The minimum absolute atomic E-state index is 0.0184. The molecular weight excluding hydrogens is 342 g/mol.